The highest BCUT2D eigenvalue weighted by Crippen LogP contribution is 2.50. The van der Waals surface area contributed by atoms with Crippen LogP contribution in [-0.2, 0) is 6.42 Å². The van der Waals surface area contributed by atoms with E-state index in [0.29, 0.717) is 10.0 Å². The van der Waals surface area contributed by atoms with E-state index in [1.807, 2.05) is 48.1 Å². The largest absolute Gasteiger partial charge is 0.355 e. The number of piperidine rings is 1. The lowest BCUT2D eigenvalue weighted by Gasteiger charge is -2.42. The fourth-order valence-corrected chi connectivity index (χ4v) is 6.00. The Morgan fingerprint density at radius 1 is 1.06 bits per heavy atom. The zero-order valence-electron chi connectivity index (χ0n) is 18.3. The number of hydrogen-bond donors (Lipinski definition) is 1. The molecule has 168 valence electrons. The molecule has 1 saturated heterocycles. The molecule has 1 spiro atoms. The van der Waals surface area contributed by atoms with Gasteiger partial charge in [0.25, 0.3) is 0 Å². The van der Waals surface area contributed by atoms with Gasteiger partial charge < -0.3 is 10.6 Å². The van der Waals surface area contributed by atoms with E-state index in [1.54, 1.807) is 6.07 Å². The van der Waals surface area contributed by atoms with Crippen LogP contribution in [0.1, 0.15) is 35.8 Å². The van der Waals surface area contributed by atoms with Crippen molar-refractivity contribution >= 4 is 34.5 Å². The topological polar surface area (TPSA) is 72.3 Å². The van der Waals surface area contributed by atoms with E-state index in [4.69, 9.17) is 33.9 Å². The van der Waals surface area contributed by atoms with Gasteiger partial charge in [0, 0.05) is 36.6 Å². The maximum absolute atomic E-state index is 6.74. The molecule has 1 fully saturated rings. The summed E-state index contributed by atoms with van der Waals surface area (Å²) in [5.41, 5.74) is 12.7. The minimum Gasteiger partial charge on any atom is -0.355 e. The standard InChI is InChI=1S/C25H24Cl2N6/c1-15-22(17-4-2-6-18(26)21(17)27)33-20(7-11-30-33)24(31-15)32-12-8-25(9-13-32)14-19-16(23(25)28)5-3-10-29-19/h2-7,10-11,23H,8-9,12-14,28H2,1H3. The lowest BCUT2D eigenvalue weighted by atomic mass is 9.73. The molecule has 1 atom stereocenters. The number of benzene rings is 1. The SMILES string of the molecule is Cc1nc(N2CCC3(CC2)Cc2ncccc2C3N)c2ccnn2c1-c1cccc(Cl)c1Cl. The molecule has 8 heteroatoms. The van der Waals surface area contributed by atoms with E-state index >= 15 is 0 Å². The summed E-state index contributed by atoms with van der Waals surface area (Å²) >= 11 is 12.8. The number of rotatable bonds is 2. The van der Waals surface area contributed by atoms with Crippen LogP contribution in [0.2, 0.25) is 10.0 Å². The van der Waals surface area contributed by atoms with Crippen LogP contribution >= 0.6 is 23.2 Å². The van der Waals surface area contributed by atoms with Gasteiger partial charge >= 0.3 is 0 Å². The van der Waals surface area contributed by atoms with Gasteiger partial charge in [-0.2, -0.15) is 5.10 Å². The molecule has 1 unspecified atom stereocenters. The van der Waals surface area contributed by atoms with Crippen LogP contribution in [-0.4, -0.2) is 32.7 Å². The van der Waals surface area contributed by atoms with Crippen molar-refractivity contribution in [2.24, 2.45) is 11.1 Å². The van der Waals surface area contributed by atoms with Crippen LogP contribution in [0.15, 0.2) is 48.8 Å². The maximum Gasteiger partial charge on any atom is 0.155 e. The highest BCUT2D eigenvalue weighted by atomic mass is 35.5. The van der Waals surface area contributed by atoms with Crippen molar-refractivity contribution in [1.82, 2.24) is 19.6 Å². The van der Waals surface area contributed by atoms with E-state index in [1.165, 1.54) is 5.56 Å². The molecule has 1 aromatic carbocycles. The molecule has 0 amide bonds. The Balaban J connectivity index is 1.34. The summed E-state index contributed by atoms with van der Waals surface area (Å²) < 4.78 is 1.93. The number of aromatic nitrogens is 4. The average Bonchev–Trinajstić information content (AvgIpc) is 3.40. The first kappa shape index (κ1) is 20.9. The van der Waals surface area contributed by atoms with Gasteiger partial charge in [0.05, 0.1) is 27.6 Å². The molecule has 4 heterocycles. The molecule has 2 N–H and O–H groups in total. The Labute approximate surface area is 202 Å². The number of aryl methyl sites for hydroxylation is 1. The Morgan fingerprint density at radius 3 is 2.67 bits per heavy atom. The first-order chi connectivity index (χ1) is 16.0. The summed E-state index contributed by atoms with van der Waals surface area (Å²) in [7, 11) is 0. The summed E-state index contributed by atoms with van der Waals surface area (Å²) in [6.45, 7) is 3.79. The number of nitrogens with zero attached hydrogens (tertiary/aromatic N) is 5. The van der Waals surface area contributed by atoms with E-state index in [0.717, 1.165) is 66.3 Å². The van der Waals surface area contributed by atoms with Gasteiger partial charge in [-0.15, -0.1) is 0 Å². The van der Waals surface area contributed by atoms with Crippen molar-refractivity contribution < 1.29 is 0 Å². The molecular weight excluding hydrogens is 455 g/mol. The van der Waals surface area contributed by atoms with Crippen molar-refractivity contribution in [3.8, 4) is 11.3 Å². The fourth-order valence-electron chi connectivity index (χ4n) is 5.61. The Morgan fingerprint density at radius 2 is 1.88 bits per heavy atom. The minimum atomic E-state index is 0.0420. The van der Waals surface area contributed by atoms with Gasteiger partial charge in [0.2, 0.25) is 0 Å². The maximum atomic E-state index is 6.74. The number of fused-ring (bicyclic) bond motifs is 2. The highest BCUT2D eigenvalue weighted by Gasteiger charge is 2.46. The molecule has 1 aliphatic carbocycles. The van der Waals surface area contributed by atoms with Gasteiger partial charge in [-0.1, -0.05) is 41.4 Å². The summed E-state index contributed by atoms with van der Waals surface area (Å²) in [6.07, 6.45) is 6.65. The molecule has 6 nitrogen and oxygen atoms in total. The predicted molar refractivity (Wildman–Crippen MR) is 132 cm³/mol. The van der Waals surface area contributed by atoms with E-state index in [9.17, 15) is 0 Å². The number of pyridine rings is 1. The third-order valence-corrected chi connectivity index (χ3v) is 8.22. The van der Waals surface area contributed by atoms with Crippen LogP contribution in [0.5, 0.6) is 0 Å². The smallest absolute Gasteiger partial charge is 0.155 e. The van der Waals surface area contributed by atoms with Crippen molar-refractivity contribution in [3.63, 3.8) is 0 Å². The summed E-state index contributed by atoms with van der Waals surface area (Å²) in [5, 5.41) is 5.64. The van der Waals surface area contributed by atoms with Gasteiger partial charge in [-0.05, 0) is 55.4 Å². The summed E-state index contributed by atoms with van der Waals surface area (Å²) in [4.78, 5) is 12.0. The zero-order valence-corrected chi connectivity index (χ0v) is 19.8. The van der Waals surface area contributed by atoms with Gasteiger partial charge in [0.15, 0.2) is 5.82 Å². The lowest BCUT2D eigenvalue weighted by Crippen LogP contribution is -2.44. The van der Waals surface area contributed by atoms with Crippen LogP contribution in [0.25, 0.3) is 16.8 Å². The Hall–Kier alpha value is -2.67. The number of nitrogens with two attached hydrogens (primary N) is 1. The van der Waals surface area contributed by atoms with Crippen molar-refractivity contribution in [2.45, 2.75) is 32.2 Å². The van der Waals surface area contributed by atoms with Crippen LogP contribution in [0, 0.1) is 12.3 Å². The third-order valence-electron chi connectivity index (χ3n) is 7.41. The number of anilines is 1. The first-order valence-electron chi connectivity index (χ1n) is 11.2. The van der Waals surface area contributed by atoms with Gasteiger partial charge in [0.1, 0.15) is 5.52 Å². The summed E-state index contributed by atoms with van der Waals surface area (Å²) in [6, 6.07) is 11.8. The molecule has 4 aromatic rings. The van der Waals surface area contributed by atoms with Crippen LogP contribution < -0.4 is 10.6 Å². The average molecular weight is 479 g/mol. The Kier molecular flexibility index (Phi) is 4.87. The zero-order chi connectivity index (χ0) is 22.7. The second kappa shape index (κ2) is 7.69. The second-order valence-corrected chi connectivity index (χ2v) is 9.93. The molecule has 2 aliphatic rings. The lowest BCUT2D eigenvalue weighted by molar-refractivity contribution is 0.187. The molecule has 0 bridgehead atoms. The number of halogens is 2. The molecule has 0 radical (unpaired) electrons. The third kappa shape index (κ3) is 3.15. The molecule has 6 rings (SSSR count). The van der Waals surface area contributed by atoms with Crippen molar-refractivity contribution in [3.05, 3.63) is 75.8 Å². The van der Waals surface area contributed by atoms with Crippen molar-refractivity contribution in [2.75, 3.05) is 18.0 Å². The Bertz CT molecular complexity index is 1370. The first-order valence-corrected chi connectivity index (χ1v) is 12.0. The number of hydrogen-bond acceptors (Lipinski definition) is 5. The van der Waals surface area contributed by atoms with E-state index in [2.05, 4.69) is 21.0 Å². The van der Waals surface area contributed by atoms with Gasteiger partial charge in [-0.3, -0.25) is 4.98 Å². The minimum absolute atomic E-state index is 0.0420. The quantitative estimate of drug-likeness (QED) is 0.425. The van der Waals surface area contributed by atoms with E-state index in [-0.39, 0.29) is 11.5 Å². The monoisotopic (exact) mass is 478 g/mol. The molecule has 33 heavy (non-hydrogen) atoms. The van der Waals surface area contributed by atoms with Gasteiger partial charge in [-0.25, -0.2) is 9.50 Å². The van der Waals surface area contributed by atoms with Crippen LogP contribution in [0.3, 0.4) is 0 Å². The van der Waals surface area contributed by atoms with Crippen molar-refractivity contribution in [1.29, 1.82) is 0 Å². The normalized spacial score (nSPS) is 19.4. The predicted octanol–water partition coefficient (Wildman–Crippen LogP) is 5.25. The molecule has 0 saturated carbocycles. The molecule has 3 aromatic heterocycles. The highest BCUT2D eigenvalue weighted by molar-refractivity contribution is 6.43. The summed E-state index contributed by atoms with van der Waals surface area (Å²) in [5.74, 6) is 0.948. The van der Waals surface area contributed by atoms with E-state index < -0.39 is 0 Å². The fraction of sp³-hybridized carbons (Fsp3) is 0.320. The molecule has 1 aliphatic heterocycles. The second-order valence-electron chi connectivity index (χ2n) is 9.14. The molecular formula is C25H24Cl2N6. The van der Waals surface area contributed by atoms with Crippen LogP contribution in [0.4, 0.5) is 5.82 Å².